The average Bonchev–Trinajstić information content (AvgIpc) is 1.89. The fourth-order valence-electron chi connectivity index (χ4n) is 0. The first-order valence-corrected chi connectivity index (χ1v) is 3.46. The van der Waals surface area contributed by atoms with Gasteiger partial charge < -0.3 is 10.2 Å². The van der Waals surface area contributed by atoms with Gasteiger partial charge in [-0.15, -0.1) is 0 Å². The summed E-state index contributed by atoms with van der Waals surface area (Å²) in [4.78, 5) is 18.6. The Morgan fingerprint density at radius 2 is 1.09 bits per heavy atom. The van der Waals surface area contributed by atoms with E-state index in [-0.39, 0.29) is 31.0 Å². The van der Waals surface area contributed by atoms with Gasteiger partial charge >= 0.3 is 11.9 Å². The monoisotopic (exact) mass is 248 g/mol. The summed E-state index contributed by atoms with van der Waals surface area (Å²) < 4.78 is 0. The van der Waals surface area contributed by atoms with E-state index in [1.165, 1.54) is 0 Å². The Morgan fingerprint density at radius 1 is 1.00 bits per heavy atom. The van der Waals surface area contributed by atoms with E-state index in [4.69, 9.17) is 10.2 Å². The van der Waals surface area contributed by atoms with E-state index in [0.717, 1.165) is 0 Å². The van der Waals surface area contributed by atoms with Crippen LogP contribution in [0, 0.1) is 0 Å². The van der Waals surface area contributed by atoms with Gasteiger partial charge in [0.15, 0.2) is 0 Å². The van der Waals surface area contributed by atoms with Crippen molar-refractivity contribution in [1.29, 1.82) is 0 Å². The van der Waals surface area contributed by atoms with Gasteiger partial charge in [-0.1, -0.05) is 0 Å². The Bertz CT molecular complexity index is 105. The molecule has 62 valence electrons. The molecule has 0 saturated heterocycles. The fourth-order valence-corrected chi connectivity index (χ4v) is 0. The quantitative estimate of drug-likeness (QED) is 0.411. The standard InChI is InChI=1S/2C2H4O2S.Zn/c2*3-2(4)1-5;/h2*5H,1H2,(H,3,4);. The Labute approximate surface area is 87.9 Å². The number of carbonyl (C=O) groups is 2. The van der Waals surface area contributed by atoms with E-state index in [1.54, 1.807) is 0 Å². The summed E-state index contributed by atoms with van der Waals surface area (Å²) in [5.41, 5.74) is 0. The molecule has 2 N–H and O–H groups in total. The van der Waals surface area contributed by atoms with Crippen LogP contribution in [0.4, 0.5) is 0 Å². The molecule has 0 aromatic carbocycles. The minimum atomic E-state index is -0.881. The van der Waals surface area contributed by atoms with Gasteiger partial charge in [-0.3, -0.25) is 9.59 Å². The molecule has 11 heavy (non-hydrogen) atoms. The van der Waals surface area contributed by atoms with E-state index < -0.39 is 11.9 Å². The fraction of sp³-hybridized carbons (Fsp3) is 0.500. The van der Waals surface area contributed by atoms with Gasteiger partial charge in [-0.25, -0.2) is 0 Å². The molecular formula is C4H8O4S2Zn. The number of hydrogen-bond donors (Lipinski definition) is 4. The molecule has 0 aliphatic rings. The summed E-state index contributed by atoms with van der Waals surface area (Å²) in [6.45, 7) is 0. The van der Waals surface area contributed by atoms with Gasteiger partial charge in [0.25, 0.3) is 0 Å². The normalized spacial score (nSPS) is 6.73. The van der Waals surface area contributed by atoms with Crippen LogP contribution in [0.3, 0.4) is 0 Å². The van der Waals surface area contributed by atoms with E-state index in [9.17, 15) is 9.59 Å². The average molecular weight is 250 g/mol. The molecule has 0 aliphatic heterocycles. The van der Waals surface area contributed by atoms with Crippen LogP contribution < -0.4 is 0 Å². The zero-order chi connectivity index (χ0) is 8.57. The third-order valence-electron chi connectivity index (χ3n) is 0.271. The van der Waals surface area contributed by atoms with E-state index in [2.05, 4.69) is 25.3 Å². The Morgan fingerprint density at radius 3 is 1.09 bits per heavy atom. The van der Waals surface area contributed by atoms with Crippen LogP contribution in [0.25, 0.3) is 0 Å². The summed E-state index contributed by atoms with van der Waals surface area (Å²) in [6, 6.07) is 0. The molecule has 0 bridgehead atoms. The summed E-state index contributed by atoms with van der Waals surface area (Å²) in [5, 5.41) is 15.3. The van der Waals surface area contributed by atoms with Crippen LogP contribution in [0.1, 0.15) is 0 Å². The van der Waals surface area contributed by atoms with Crippen LogP contribution in [0.15, 0.2) is 0 Å². The topological polar surface area (TPSA) is 74.6 Å². The molecule has 0 aromatic rings. The zero-order valence-corrected chi connectivity index (χ0v) is 10.5. The second-order valence-electron chi connectivity index (χ2n) is 1.10. The van der Waals surface area contributed by atoms with E-state index in [1.807, 2.05) is 0 Å². The third kappa shape index (κ3) is 38.6. The number of thiol groups is 2. The second-order valence-corrected chi connectivity index (χ2v) is 1.74. The molecule has 4 nitrogen and oxygen atoms in total. The molecule has 0 amide bonds. The summed E-state index contributed by atoms with van der Waals surface area (Å²) >= 11 is 6.83. The predicted molar refractivity (Wildman–Crippen MR) is 43.0 cm³/mol. The Hall–Kier alpha value is 0.263. The molecule has 0 aromatic heterocycles. The second kappa shape index (κ2) is 12.9. The minimum Gasteiger partial charge on any atom is -0.481 e. The SMILES string of the molecule is O=C(O)CS.O=C(O)CS.[Zn]. The van der Waals surface area contributed by atoms with Crippen LogP contribution in [-0.4, -0.2) is 33.7 Å². The van der Waals surface area contributed by atoms with Crippen LogP contribution >= 0.6 is 25.3 Å². The van der Waals surface area contributed by atoms with Crippen molar-refractivity contribution in [3.05, 3.63) is 0 Å². The maximum atomic E-state index is 9.29. The zero-order valence-electron chi connectivity index (χ0n) is 5.73. The van der Waals surface area contributed by atoms with Crippen molar-refractivity contribution in [3.63, 3.8) is 0 Å². The molecule has 0 saturated carbocycles. The third-order valence-corrected chi connectivity index (χ3v) is 0.812. The number of aliphatic carboxylic acids is 2. The van der Waals surface area contributed by atoms with Crippen molar-refractivity contribution >= 4 is 37.2 Å². The largest absolute Gasteiger partial charge is 0.481 e. The summed E-state index contributed by atoms with van der Waals surface area (Å²) in [6.07, 6.45) is 0. The van der Waals surface area contributed by atoms with Crippen LogP contribution in [-0.2, 0) is 29.1 Å². The Balaban J connectivity index is -0.000000107. The Kier molecular flexibility index (Phi) is 20.4. The molecule has 0 fully saturated rings. The van der Waals surface area contributed by atoms with Crippen molar-refractivity contribution < 1.29 is 39.3 Å². The van der Waals surface area contributed by atoms with Crippen LogP contribution in [0.5, 0.6) is 0 Å². The van der Waals surface area contributed by atoms with Gasteiger partial charge in [0.05, 0.1) is 11.5 Å². The molecule has 7 heteroatoms. The molecule has 0 rings (SSSR count). The van der Waals surface area contributed by atoms with Gasteiger partial charge in [-0.2, -0.15) is 25.3 Å². The number of rotatable bonds is 2. The molecule has 0 unspecified atom stereocenters. The van der Waals surface area contributed by atoms with Gasteiger partial charge in [0, 0.05) is 19.5 Å². The number of carboxylic acid groups (broad SMARTS) is 2. The van der Waals surface area contributed by atoms with Gasteiger partial charge in [-0.05, 0) is 0 Å². The van der Waals surface area contributed by atoms with E-state index in [0.29, 0.717) is 0 Å². The number of carboxylic acids is 2. The predicted octanol–water partition coefficient (Wildman–Crippen LogP) is -0.000900. The van der Waals surface area contributed by atoms with Crippen molar-refractivity contribution in [3.8, 4) is 0 Å². The minimum absolute atomic E-state index is 0. The molecule has 0 spiro atoms. The summed E-state index contributed by atoms with van der Waals surface area (Å²) in [7, 11) is 0. The maximum absolute atomic E-state index is 9.29. The van der Waals surface area contributed by atoms with Gasteiger partial charge in [0.2, 0.25) is 0 Å². The van der Waals surface area contributed by atoms with Gasteiger partial charge in [0.1, 0.15) is 0 Å². The maximum Gasteiger partial charge on any atom is 0.313 e. The smallest absolute Gasteiger partial charge is 0.313 e. The van der Waals surface area contributed by atoms with Crippen molar-refractivity contribution in [1.82, 2.24) is 0 Å². The van der Waals surface area contributed by atoms with Crippen molar-refractivity contribution in [2.45, 2.75) is 0 Å². The molecule has 0 atom stereocenters. The summed E-state index contributed by atoms with van der Waals surface area (Å²) in [5.74, 6) is -1.93. The molecular weight excluding hydrogens is 242 g/mol. The molecule has 0 heterocycles. The molecule has 0 radical (unpaired) electrons. The van der Waals surface area contributed by atoms with E-state index >= 15 is 0 Å². The van der Waals surface area contributed by atoms with Crippen molar-refractivity contribution in [2.24, 2.45) is 0 Å². The van der Waals surface area contributed by atoms with Crippen LogP contribution in [0.2, 0.25) is 0 Å². The van der Waals surface area contributed by atoms with Crippen molar-refractivity contribution in [2.75, 3.05) is 11.5 Å². The number of hydrogen-bond acceptors (Lipinski definition) is 4. The first-order chi connectivity index (χ1) is 4.54. The first kappa shape index (κ1) is 17.4. The first-order valence-electron chi connectivity index (χ1n) is 2.20. The molecule has 0 aliphatic carbocycles.